The molecule has 1 aromatic carbocycles. The van der Waals surface area contributed by atoms with Gasteiger partial charge in [-0.1, -0.05) is 11.6 Å². The largest absolute Gasteiger partial charge is 0.365 e. The van der Waals surface area contributed by atoms with Crippen LogP contribution in [0, 0.1) is 10.1 Å². The van der Waals surface area contributed by atoms with Crippen LogP contribution in [0.4, 0.5) is 23.2 Å². The molecule has 5 nitrogen and oxygen atoms in total. The van der Waals surface area contributed by atoms with Gasteiger partial charge in [0.1, 0.15) is 5.15 Å². The lowest BCUT2D eigenvalue weighted by molar-refractivity contribution is -0.384. The number of aromatic nitrogens is 2. The number of non-ortho nitro benzene ring substituents is 1. The molecule has 0 saturated heterocycles. The van der Waals surface area contributed by atoms with Crippen LogP contribution in [0.25, 0.3) is 10.9 Å². The second-order valence-corrected chi connectivity index (χ2v) is 4.08. The standard InChI is InChI=1S/C10H4ClF4N3O2/c11-7-5-3-4(18(19)20)1-2-6(5)16-9(17-7)10(14,15)8(12)13/h1-3,8H. The van der Waals surface area contributed by atoms with E-state index in [2.05, 4.69) is 9.97 Å². The van der Waals surface area contributed by atoms with E-state index in [4.69, 9.17) is 11.6 Å². The molecule has 0 fully saturated rings. The number of rotatable bonds is 3. The number of nitro groups is 1. The molecule has 0 radical (unpaired) electrons. The highest BCUT2D eigenvalue weighted by atomic mass is 35.5. The van der Waals surface area contributed by atoms with E-state index in [0.717, 1.165) is 18.2 Å². The molecular weight excluding hydrogens is 306 g/mol. The number of hydrogen-bond acceptors (Lipinski definition) is 4. The fraction of sp³-hybridized carbons (Fsp3) is 0.200. The van der Waals surface area contributed by atoms with Crippen molar-refractivity contribution >= 4 is 28.2 Å². The molecule has 2 aromatic rings. The summed E-state index contributed by atoms with van der Waals surface area (Å²) in [4.78, 5) is 16.2. The molecule has 0 aliphatic heterocycles. The number of halogens is 5. The van der Waals surface area contributed by atoms with Crippen LogP contribution in [0.1, 0.15) is 5.82 Å². The van der Waals surface area contributed by atoms with E-state index in [1.165, 1.54) is 0 Å². The molecule has 10 heteroatoms. The molecule has 0 atom stereocenters. The lowest BCUT2D eigenvalue weighted by atomic mass is 10.2. The molecule has 1 aromatic heterocycles. The number of nitro benzene ring substituents is 1. The Labute approximate surface area is 113 Å². The zero-order valence-electron chi connectivity index (χ0n) is 9.36. The Morgan fingerprint density at radius 3 is 2.50 bits per heavy atom. The molecule has 0 saturated carbocycles. The SMILES string of the molecule is O=[N+]([O-])c1ccc2nc(C(F)(F)C(F)F)nc(Cl)c2c1. The third-order valence-corrected chi connectivity index (χ3v) is 2.70. The Bertz CT molecular complexity index is 696. The van der Waals surface area contributed by atoms with Crippen LogP contribution in [0.5, 0.6) is 0 Å². The summed E-state index contributed by atoms with van der Waals surface area (Å²) in [6.45, 7) is 0. The third-order valence-electron chi connectivity index (χ3n) is 2.42. The molecule has 0 N–H and O–H groups in total. The van der Waals surface area contributed by atoms with Crippen molar-refractivity contribution in [3.63, 3.8) is 0 Å². The second kappa shape index (κ2) is 4.82. The maximum Gasteiger partial charge on any atom is 0.365 e. The lowest BCUT2D eigenvalue weighted by Gasteiger charge is -2.14. The van der Waals surface area contributed by atoms with Gasteiger partial charge in [-0.05, 0) is 6.07 Å². The summed E-state index contributed by atoms with van der Waals surface area (Å²) >= 11 is 5.60. The van der Waals surface area contributed by atoms with E-state index in [0.29, 0.717) is 0 Å². The Hall–Kier alpha value is -2.03. The fourth-order valence-electron chi connectivity index (χ4n) is 1.44. The zero-order chi connectivity index (χ0) is 15.1. The van der Waals surface area contributed by atoms with Gasteiger partial charge < -0.3 is 0 Å². The van der Waals surface area contributed by atoms with Crippen LogP contribution in [0.15, 0.2) is 18.2 Å². The van der Waals surface area contributed by atoms with Gasteiger partial charge in [-0.15, -0.1) is 0 Å². The minimum atomic E-state index is -4.56. The van der Waals surface area contributed by atoms with E-state index in [1.54, 1.807) is 0 Å². The van der Waals surface area contributed by atoms with Gasteiger partial charge in [0.15, 0.2) is 0 Å². The molecule has 2 rings (SSSR count). The summed E-state index contributed by atoms with van der Waals surface area (Å²) < 4.78 is 50.8. The van der Waals surface area contributed by atoms with Crippen molar-refractivity contribution in [3.8, 4) is 0 Å². The Morgan fingerprint density at radius 2 is 1.95 bits per heavy atom. The van der Waals surface area contributed by atoms with Crippen molar-refractivity contribution in [2.45, 2.75) is 12.3 Å². The van der Waals surface area contributed by atoms with Gasteiger partial charge in [0, 0.05) is 17.5 Å². The van der Waals surface area contributed by atoms with Gasteiger partial charge >= 0.3 is 12.3 Å². The smallest absolute Gasteiger partial charge is 0.258 e. The Kier molecular flexibility index (Phi) is 3.46. The number of benzene rings is 1. The number of nitrogens with zero attached hydrogens (tertiary/aromatic N) is 3. The van der Waals surface area contributed by atoms with Crippen molar-refractivity contribution in [3.05, 3.63) is 39.3 Å². The third kappa shape index (κ3) is 2.36. The molecule has 0 bridgehead atoms. The number of alkyl halides is 4. The van der Waals surface area contributed by atoms with Gasteiger partial charge in [0.05, 0.1) is 10.4 Å². The van der Waals surface area contributed by atoms with Crippen LogP contribution < -0.4 is 0 Å². The molecule has 1 heterocycles. The number of hydrogen-bond donors (Lipinski definition) is 0. The molecule has 0 aliphatic rings. The first-order chi connectivity index (χ1) is 9.23. The minimum Gasteiger partial charge on any atom is -0.258 e. The average molecular weight is 310 g/mol. The number of fused-ring (bicyclic) bond motifs is 1. The highest BCUT2D eigenvalue weighted by molar-refractivity contribution is 6.34. The van der Waals surface area contributed by atoms with Crippen LogP contribution in [0.2, 0.25) is 5.15 Å². The average Bonchev–Trinajstić information content (AvgIpc) is 2.37. The van der Waals surface area contributed by atoms with Gasteiger partial charge in [-0.2, -0.15) is 8.78 Å². The molecule has 0 spiro atoms. The molecule has 0 aliphatic carbocycles. The highest BCUT2D eigenvalue weighted by Gasteiger charge is 2.46. The predicted molar refractivity (Wildman–Crippen MR) is 61.1 cm³/mol. The molecular formula is C10H4ClF4N3O2. The van der Waals surface area contributed by atoms with Crippen molar-refractivity contribution in [2.24, 2.45) is 0 Å². The first kappa shape index (κ1) is 14.4. The van der Waals surface area contributed by atoms with Crippen LogP contribution >= 0.6 is 11.6 Å². The maximum absolute atomic E-state index is 13.2. The summed E-state index contributed by atoms with van der Waals surface area (Å²) in [5, 5.41) is 9.94. The van der Waals surface area contributed by atoms with Gasteiger partial charge in [-0.25, -0.2) is 18.7 Å². The summed E-state index contributed by atoms with van der Waals surface area (Å²) in [6.07, 6.45) is -3.99. The van der Waals surface area contributed by atoms with E-state index < -0.39 is 28.2 Å². The second-order valence-electron chi connectivity index (χ2n) is 3.72. The molecule has 0 amide bonds. The van der Waals surface area contributed by atoms with E-state index in [-0.39, 0.29) is 16.6 Å². The molecule has 0 unspecified atom stereocenters. The van der Waals surface area contributed by atoms with Crippen molar-refractivity contribution in [2.75, 3.05) is 0 Å². The topological polar surface area (TPSA) is 68.9 Å². The highest BCUT2D eigenvalue weighted by Crippen LogP contribution is 2.35. The molecule has 20 heavy (non-hydrogen) atoms. The van der Waals surface area contributed by atoms with Gasteiger partial charge in [0.2, 0.25) is 5.82 Å². The summed E-state index contributed by atoms with van der Waals surface area (Å²) in [5.74, 6) is -5.99. The normalized spacial score (nSPS) is 12.1. The summed E-state index contributed by atoms with van der Waals surface area (Å²) in [6, 6.07) is 3.00. The Balaban J connectivity index is 2.65. The van der Waals surface area contributed by atoms with Crippen LogP contribution in [-0.2, 0) is 5.92 Å². The van der Waals surface area contributed by atoms with Gasteiger partial charge in [0.25, 0.3) is 5.69 Å². The summed E-state index contributed by atoms with van der Waals surface area (Å²) in [5.41, 5.74) is -0.540. The van der Waals surface area contributed by atoms with Crippen LogP contribution in [-0.4, -0.2) is 21.3 Å². The Morgan fingerprint density at radius 1 is 1.30 bits per heavy atom. The molecule has 106 valence electrons. The minimum absolute atomic E-state index is 0.0744. The first-order valence-electron chi connectivity index (χ1n) is 5.01. The van der Waals surface area contributed by atoms with E-state index in [1.807, 2.05) is 0 Å². The van der Waals surface area contributed by atoms with Crippen molar-refractivity contribution in [1.82, 2.24) is 9.97 Å². The summed E-state index contributed by atoms with van der Waals surface area (Å²) in [7, 11) is 0. The predicted octanol–water partition coefficient (Wildman–Crippen LogP) is 3.55. The van der Waals surface area contributed by atoms with Crippen molar-refractivity contribution in [1.29, 1.82) is 0 Å². The fourth-order valence-corrected chi connectivity index (χ4v) is 1.67. The quantitative estimate of drug-likeness (QED) is 0.376. The first-order valence-corrected chi connectivity index (χ1v) is 5.39. The van der Waals surface area contributed by atoms with E-state index >= 15 is 0 Å². The van der Waals surface area contributed by atoms with Crippen molar-refractivity contribution < 1.29 is 22.5 Å². The lowest BCUT2D eigenvalue weighted by Crippen LogP contribution is -2.26. The van der Waals surface area contributed by atoms with E-state index in [9.17, 15) is 27.7 Å². The van der Waals surface area contributed by atoms with Gasteiger partial charge in [-0.3, -0.25) is 10.1 Å². The zero-order valence-corrected chi connectivity index (χ0v) is 10.1. The maximum atomic E-state index is 13.2. The van der Waals surface area contributed by atoms with Crippen LogP contribution in [0.3, 0.4) is 0 Å². The monoisotopic (exact) mass is 309 g/mol.